The summed E-state index contributed by atoms with van der Waals surface area (Å²) in [6, 6.07) is 10.2. The first-order chi connectivity index (χ1) is 16.0. The number of halogens is 2. The molecule has 2 aromatic rings. The second-order valence-corrected chi connectivity index (χ2v) is 13.2. The van der Waals surface area contributed by atoms with Crippen LogP contribution in [0.3, 0.4) is 0 Å². The predicted molar refractivity (Wildman–Crippen MR) is 133 cm³/mol. The minimum absolute atomic E-state index is 0.0278. The number of unbranched alkanes of at least 4 members (excludes halogenated alkanes) is 1. The zero-order valence-corrected chi connectivity index (χ0v) is 21.8. The second kappa shape index (κ2) is 11.6. The Morgan fingerprint density at radius 3 is 2.12 bits per heavy atom. The lowest BCUT2D eigenvalue weighted by Gasteiger charge is -2.22. The van der Waals surface area contributed by atoms with Crippen LogP contribution in [-0.2, 0) is 31.1 Å². The van der Waals surface area contributed by atoms with Gasteiger partial charge in [-0.1, -0.05) is 35.4 Å². The topological polar surface area (TPSA) is 121 Å². The number of allylic oxidation sites excluding steroid dienone is 1. The molecule has 13 heteroatoms. The molecule has 186 valence electrons. The minimum atomic E-state index is -3.94. The Kier molecular flexibility index (Phi) is 9.32. The zero-order chi connectivity index (χ0) is 24.9. The van der Waals surface area contributed by atoms with Crippen LogP contribution < -0.4 is 4.72 Å². The normalized spacial score (nSPS) is 20.7. The van der Waals surface area contributed by atoms with Crippen molar-refractivity contribution in [3.05, 3.63) is 70.7 Å². The summed E-state index contributed by atoms with van der Waals surface area (Å²) < 4.78 is 75.9. The summed E-state index contributed by atoms with van der Waals surface area (Å²) in [7, 11) is -7.83. The average Bonchev–Trinajstić information content (AvgIpc) is 3.16. The average molecular weight is 568 g/mol. The fraction of sp³-hybridized carbons (Fsp3) is 0.333. The molecule has 1 fully saturated rings. The molecule has 0 aromatic heterocycles. The highest BCUT2D eigenvalue weighted by molar-refractivity contribution is 7.89. The van der Waals surface area contributed by atoms with E-state index in [9.17, 15) is 21.0 Å². The lowest BCUT2D eigenvalue weighted by molar-refractivity contribution is 0.428. The second-order valence-electron chi connectivity index (χ2n) is 7.70. The van der Waals surface area contributed by atoms with Crippen molar-refractivity contribution in [1.29, 1.82) is 0 Å². The van der Waals surface area contributed by atoms with Crippen molar-refractivity contribution in [2.45, 2.75) is 41.1 Å². The highest BCUT2D eigenvalue weighted by Gasteiger charge is 2.40. The summed E-state index contributed by atoms with van der Waals surface area (Å²) in [6.45, 7) is -0.0621. The molecule has 1 aliphatic rings. The molecule has 1 aliphatic heterocycles. The van der Waals surface area contributed by atoms with Crippen molar-refractivity contribution >= 4 is 54.3 Å². The van der Waals surface area contributed by atoms with Gasteiger partial charge in [0.25, 0.3) is 0 Å². The molecule has 0 saturated carbocycles. The molecule has 0 aliphatic carbocycles. The molecule has 1 heterocycles. The van der Waals surface area contributed by atoms with Crippen molar-refractivity contribution in [2.75, 3.05) is 12.3 Å². The third kappa shape index (κ3) is 7.11. The summed E-state index contributed by atoms with van der Waals surface area (Å²) >= 11 is 9.84. The van der Waals surface area contributed by atoms with Gasteiger partial charge in [0.2, 0.25) is 20.0 Å². The van der Waals surface area contributed by atoms with Gasteiger partial charge in [-0.25, -0.2) is 25.8 Å². The lowest BCUT2D eigenvalue weighted by Crippen LogP contribution is -2.39. The van der Waals surface area contributed by atoms with Crippen LogP contribution in [0.5, 0.6) is 0 Å². The number of rotatable bonds is 10. The largest absolute Gasteiger partial charge is 0.306 e. The van der Waals surface area contributed by atoms with E-state index < -0.39 is 43.2 Å². The first-order valence-corrected chi connectivity index (χ1v) is 15.2. The van der Waals surface area contributed by atoms with Crippen molar-refractivity contribution in [3.8, 4) is 0 Å². The van der Waals surface area contributed by atoms with Gasteiger partial charge in [0.1, 0.15) is 0 Å². The number of hydrogen-bond acceptors (Lipinski definition) is 5. The third-order valence-electron chi connectivity index (χ3n) is 5.21. The van der Waals surface area contributed by atoms with Gasteiger partial charge in [0, 0.05) is 34.4 Å². The highest BCUT2D eigenvalue weighted by Crippen LogP contribution is 2.29. The molecule has 2 aromatic carbocycles. The standard InChI is InChI=1S/C21H24Cl2N2O6S3/c22-16-5-9-20(10-6-16)33(28,29)24-18-14-19(4-2-1-3-13-32(26)27)25(15-18)34(30,31)21-11-7-17(23)8-12-21/h2,4-12,18-19,24H,1,3,13-15H2,(H,26,27)/t18-,19-/m1/s1. The van der Waals surface area contributed by atoms with E-state index >= 15 is 0 Å². The Morgan fingerprint density at radius 1 is 1.00 bits per heavy atom. The first kappa shape index (κ1) is 27.3. The van der Waals surface area contributed by atoms with Crippen LogP contribution in [0.4, 0.5) is 0 Å². The van der Waals surface area contributed by atoms with Crippen LogP contribution in [0.1, 0.15) is 19.3 Å². The van der Waals surface area contributed by atoms with E-state index in [0.717, 1.165) is 0 Å². The fourth-order valence-electron chi connectivity index (χ4n) is 3.59. The first-order valence-electron chi connectivity index (χ1n) is 10.3. The summed E-state index contributed by atoms with van der Waals surface area (Å²) in [5.41, 5.74) is 0. The maximum atomic E-state index is 13.3. The van der Waals surface area contributed by atoms with Gasteiger partial charge >= 0.3 is 0 Å². The molecule has 3 rings (SSSR count). The van der Waals surface area contributed by atoms with E-state index in [0.29, 0.717) is 22.9 Å². The van der Waals surface area contributed by atoms with E-state index in [4.69, 9.17) is 27.8 Å². The molecule has 1 unspecified atom stereocenters. The summed E-state index contributed by atoms with van der Waals surface area (Å²) in [6.07, 6.45) is 4.62. The van der Waals surface area contributed by atoms with Gasteiger partial charge in [0.15, 0.2) is 11.1 Å². The van der Waals surface area contributed by atoms with Gasteiger partial charge in [-0.2, -0.15) is 4.31 Å². The molecule has 3 atom stereocenters. The third-order valence-corrected chi connectivity index (χ3v) is 9.79. The molecular weight excluding hydrogens is 543 g/mol. The van der Waals surface area contributed by atoms with E-state index in [2.05, 4.69) is 4.72 Å². The SMILES string of the molecule is O=S(O)CCCC=C[C@@H]1C[C@@H](NS(=O)(=O)c2ccc(Cl)cc2)CN1S(=O)(=O)c1ccc(Cl)cc1. The van der Waals surface area contributed by atoms with Gasteiger partial charge in [0.05, 0.1) is 9.79 Å². The number of nitrogens with zero attached hydrogens (tertiary/aromatic N) is 1. The van der Waals surface area contributed by atoms with E-state index in [1.807, 2.05) is 0 Å². The molecule has 1 saturated heterocycles. The molecule has 8 nitrogen and oxygen atoms in total. The minimum Gasteiger partial charge on any atom is -0.306 e. The Morgan fingerprint density at radius 2 is 1.56 bits per heavy atom. The number of nitrogens with one attached hydrogen (secondary N) is 1. The molecule has 0 radical (unpaired) electrons. The number of hydrogen-bond donors (Lipinski definition) is 2. The fourth-order valence-corrected chi connectivity index (χ4v) is 7.14. The van der Waals surface area contributed by atoms with Crippen LogP contribution in [-0.4, -0.2) is 54.3 Å². The predicted octanol–water partition coefficient (Wildman–Crippen LogP) is 3.66. The Hall–Kier alpha value is -1.31. The molecule has 0 spiro atoms. The number of benzene rings is 2. The molecule has 34 heavy (non-hydrogen) atoms. The Labute approximate surface area is 212 Å². The smallest absolute Gasteiger partial charge is 0.243 e. The number of sulfonamides is 2. The summed E-state index contributed by atoms with van der Waals surface area (Å²) in [5, 5.41) is 0.793. The van der Waals surface area contributed by atoms with Crippen molar-refractivity contribution in [3.63, 3.8) is 0 Å². The zero-order valence-electron chi connectivity index (χ0n) is 17.9. The lowest BCUT2D eigenvalue weighted by atomic mass is 10.1. The molecular formula is C21H24Cl2N2O6S3. The van der Waals surface area contributed by atoms with Crippen LogP contribution in [0.15, 0.2) is 70.5 Å². The van der Waals surface area contributed by atoms with E-state index in [1.165, 1.54) is 52.8 Å². The molecule has 0 amide bonds. The summed E-state index contributed by atoms with van der Waals surface area (Å²) in [5.74, 6) is 0.116. The maximum Gasteiger partial charge on any atom is 0.243 e. The molecule has 0 bridgehead atoms. The summed E-state index contributed by atoms with van der Waals surface area (Å²) in [4.78, 5) is 0.0761. The maximum absolute atomic E-state index is 13.3. The van der Waals surface area contributed by atoms with Gasteiger partial charge < -0.3 is 4.55 Å². The Bertz CT molecular complexity index is 1250. The van der Waals surface area contributed by atoms with Crippen molar-refractivity contribution in [2.24, 2.45) is 0 Å². The van der Waals surface area contributed by atoms with Crippen molar-refractivity contribution < 1.29 is 25.6 Å². The monoisotopic (exact) mass is 566 g/mol. The van der Waals surface area contributed by atoms with E-state index in [-0.39, 0.29) is 28.5 Å². The Balaban J connectivity index is 1.82. The van der Waals surface area contributed by atoms with Gasteiger partial charge in [-0.05, 0) is 67.8 Å². The molecule has 2 N–H and O–H groups in total. The van der Waals surface area contributed by atoms with Crippen LogP contribution in [0.2, 0.25) is 10.0 Å². The van der Waals surface area contributed by atoms with Crippen LogP contribution >= 0.6 is 23.2 Å². The highest BCUT2D eigenvalue weighted by atomic mass is 35.5. The van der Waals surface area contributed by atoms with E-state index in [1.54, 1.807) is 12.2 Å². The van der Waals surface area contributed by atoms with Crippen molar-refractivity contribution in [1.82, 2.24) is 9.03 Å². The quantitative estimate of drug-likeness (QED) is 0.257. The van der Waals surface area contributed by atoms with Crippen LogP contribution in [0.25, 0.3) is 0 Å². The van der Waals surface area contributed by atoms with Gasteiger partial charge in [-0.15, -0.1) is 0 Å². The van der Waals surface area contributed by atoms with Crippen LogP contribution in [0, 0.1) is 0 Å². The van der Waals surface area contributed by atoms with Gasteiger partial charge in [-0.3, -0.25) is 0 Å².